The van der Waals surface area contributed by atoms with Gasteiger partial charge in [0.25, 0.3) is 0 Å². The van der Waals surface area contributed by atoms with Crippen LogP contribution in [0.2, 0.25) is 0 Å². The van der Waals surface area contributed by atoms with Gasteiger partial charge in [-0.25, -0.2) is 4.98 Å². The summed E-state index contributed by atoms with van der Waals surface area (Å²) in [4.78, 5) is 19.9. The Kier molecular flexibility index (Phi) is 4.99. The van der Waals surface area contributed by atoms with E-state index >= 15 is 0 Å². The SMILES string of the molecule is C[C@@H]1CN([C@@H](C)CNC(=O)Cc2cn3ccsc3n2)C[C@@H](C)O1. The van der Waals surface area contributed by atoms with Gasteiger partial charge in [0, 0.05) is 43.4 Å². The minimum atomic E-state index is 0.0250. The summed E-state index contributed by atoms with van der Waals surface area (Å²) >= 11 is 1.57. The third-order valence-electron chi connectivity index (χ3n) is 4.15. The molecule has 1 saturated heterocycles. The molecule has 0 spiro atoms. The van der Waals surface area contributed by atoms with E-state index in [0.29, 0.717) is 19.0 Å². The lowest BCUT2D eigenvalue weighted by atomic mass is 10.1. The molecule has 0 aromatic carbocycles. The summed E-state index contributed by atoms with van der Waals surface area (Å²) in [5, 5.41) is 5.01. The van der Waals surface area contributed by atoms with Crippen molar-refractivity contribution in [3.63, 3.8) is 0 Å². The summed E-state index contributed by atoms with van der Waals surface area (Å²) in [5.41, 5.74) is 0.815. The number of thiazole rings is 1. The van der Waals surface area contributed by atoms with Gasteiger partial charge in [0.1, 0.15) is 0 Å². The third-order valence-corrected chi connectivity index (χ3v) is 4.92. The summed E-state index contributed by atoms with van der Waals surface area (Å²) in [6, 6.07) is 0.304. The molecule has 7 heteroatoms. The van der Waals surface area contributed by atoms with Crippen molar-refractivity contribution in [3.05, 3.63) is 23.5 Å². The number of carbonyl (C=O) groups excluding carboxylic acids is 1. The number of nitrogens with zero attached hydrogens (tertiary/aromatic N) is 3. The maximum atomic E-state index is 12.1. The van der Waals surface area contributed by atoms with Crippen LogP contribution < -0.4 is 5.32 Å². The summed E-state index contributed by atoms with van der Waals surface area (Å²) < 4.78 is 7.70. The number of morpholine rings is 1. The molecule has 0 unspecified atom stereocenters. The average molecular weight is 336 g/mol. The molecule has 23 heavy (non-hydrogen) atoms. The highest BCUT2D eigenvalue weighted by atomic mass is 32.1. The van der Waals surface area contributed by atoms with Crippen LogP contribution in [0, 0.1) is 0 Å². The van der Waals surface area contributed by atoms with E-state index in [0.717, 1.165) is 23.7 Å². The predicted molar refractivity (Wildman–Crippen MR) is 90.8 cm³/mol. The van der Waals surface area contributed by atoms with E-state index in [2.05, 4.69) is 36.0 Å². The van der Waals surface area contributed by atoms with Crippen molar-refractivity contribution in [2.45, 2.75) is 45.4 Å². The number of fused-ring (bicyclic) bond motifs is 1. The zero-order valence-electron chi connectivity index (χ0n) is 13.9. The Bertz CT molecular complexity index is 629. The van der Waals surface area contributed by atoms with Crippen molar-refractivity contribution in [2.24, 2.45) is 0 Å². The van der Waals surface area contributed by atoms with Crippen molar-refractivity contribution in [2.75, 3.05) is 19.6 Å². The second-order valence-electron chi connectivity index (χ2n) is 6.37. The van der Waals surface area contributed by atoms with E-state index in [1.165, 1.54) is 0 Å². The van der Waals surface area contributed by atoms with Crippen molar-refractivity contribution in [1.29, 1.82) is 0 Å². The molecule has 3 heterocycles. The van der Waals surface area contributed by atoms with Crippen LogP contribution in [0.4, 0.5) is 0 Å². The van der Waals surface area contributed by atoms with Crippen molar-refractivity contribution in [1.82, 2.24) is 19.6 Å². The first-order valence-corrected chi connectivity index (χ1v) is 8.96. The molecule has 1 N–H and O–H groups in total. The molecule has 126 valence electrons. The Morgan fingerprint density at radius 1 is 1.48 bits per heavy atom. The normalized spacial score (nSPS) is 24.0. The molecule has 2 aromatic heterocycles. The standard InChI is InChI=1S/C16H24N4O2S/c1-11(20-8-12(2)22-13(3)9-20)7-17-15(21)6-14-10-19-4-5-23-16(19)18-14/h4-5,10-13H,6-9H2,1-3H3,(H,17,21)/t11-,12+,13+/m0/s1. The number of hydrogen-bond donors (Lipinski definition) is 1. The number of rotatable bonds is 5. The van der Waals surface area contributed by atoms with E-state index in [1.807, 2.05) is 22.2 Å². The van der Waals surface area contributed by atoms with E-state index in [1.54, 1.807) is 11.3 Å². The molecule has 1 aliphatic rings. The minimum absolute atomic E-state index is 0.0250. The third kappa shape index (κ3) is 4.10. The van der Waals surface area contributed by atoms with E-state index in [-0.39, 0.29) is 18.1 Å². The number of carbonyl (C=O) groups is 1. The molecule has 0 aliphatic carbocycles. The van der Waals surface area contributed by atoms with Gasteiger partial charge in [0.05, 0.1) is 24.3 Å². The smallest absolute Gasteiger partial charge is 0.226 e. The zero-order valence-corrected chi connectivity index (χ0v) is 14.7. The summed E-state index contributed by atoms with van der Waals surface area (Å²) in [6.45, 7) is 8.83. The number of amides is 1. The maximum absolute atomic E-state index is 12.1. The molecule has 6 nitrogen and oxygen atoms in total. The molecular formula is C16H24N4O2S. The lowest BCUT2D eigenvalue weighted by Gasteiger charge is -2.39. The minimum Gasteiger partial charge on any atom is -0.373 e. The largest absolute Gasteiger partial charge is 0.373 e. The highest BCUT2D eigenvalue weighted by Crippen LogP contribution is 2.14. The molecule has 3 rings (SSSR count). The van der Waals surface area contributed by atoms with Gasteiger partial charge < -0.3 is 10.1 Å². The first-order chi connectivity index (χ1) is 11.0. The van der Waals surface area contributed by atoms with Crippen LogP contribution in [0.3, 0.4) is 0 Å². The molecule has 1 aliphatic heterocycles. The Hall–Kier alpha value is -1.44. The van der Waals surface area contributed by atoms with Gasteiger partial charge in [0.2, 0.25) is 5.91 Å². The summed E-state index contributed by atoms with van der Waals surface area (Å²) in [6.07, 6.45) is 4.69. The number of aromatic nitrogens is 2. The van der Waals surface area contributed by atoms with Gasteiger partial charge in [-0.1, -0.05) is 0 Å². The second kappa shape index (κ2) is 6.98. The molecule has 3 atom stereocenters. The van der Waals surface area contributed by atoms with Crippen LogP contribution in [0.25, 0.3) is 4.96 Å². The fourth-order valence-corrected chi connectivity index (χ4v) is 3.78. The number of ether oxygens (including phenoxy) is 1. The second-order valence-corrected chi connectivity index (χ2v) is 7.24. The number of hydrogen-bond acceptors (Lipinski definition) is 5. The maximum Gasteiger partial charge on any atom is 0.226 e. The molecule has 1 fully saturated rings. The quantitative estimate of drug-likeness (QED) is 0.900. The topological polar surface area (TPSA) is 58.9 Å². The van der Waals surface area contributed by atoms with Gasteiger partial charge in [-0.2, -0.15) is 0 Å². The van der Waals surface area contributed by atoms with E-state index in [9.17, 15) is 4.79 Å². The molecule has 0 saturated carbocycles. The van der Waals surface area contributed by atoms with Crippen molar-refractivity contribution < 1.29 is 9.53 Å². The van der Waals surface area contributed by atoms with Crippen LogP contribution in [-0.2, 0) is 16.0 Å². The first-order valence-electron chi connectivity index (χ1n) is 8.08. The van der Waals surface area contributed by atoms with E-state index < -0.39 is 0 Å². The van der Waals surface area contributed by atoms with E-state index in [4.69, 9.17) is 4.74 Å². The molecule has 2 aromatic rings. The lowest BCUT2D eigenvalue weighted by molar-refractivity contribution is -0.121. The van der Waals surface area contributed by atoms with Crippen LogP contribution >= 0.6 is 11.3 Å². The van der Waals surface area contributed by atoms with Crippen molar-refractivity contribution >= 4 is 22.2 Å². The van der Waals surface area contributed by atoms with Crippen LogP contribution in [0.5, 0.6) is 0 Å². The van der Waals surface area contributed by atoms with Crippen LogP contribution in [0.1, 0.15) is 26.5 Å². The molecular weight excluding hydrogens is 312 g/mol. The molecule has 1 amide bonds. The average Bonchev–Trinajstić information content (AvgIpc) is 3.04. The lowest BCUT2D eigenvalue weighted by Crippen LogP contribution is -2.52. The number of imidazole rings is 1. The monoisotopic (exact) mass is 336 g/mol. The van der Waals surface area contributed by atoms with Gasteiger partial charge in [-0.15, -0.1) is 11.3 Å². The highest BCUT2D eigenvalue weighted by Gasteiger charge is 2.25. The molecule has 0 radical (unpaired) electrons. The number of nitrogens with one attached hydrogen (secondary N) is 1. The summed E-state index contributed by atoms with van der Waals surface area (Å²) in [5.74, 6) is 0.0250. The van der Waals surface area contributed by atoms with Gasteiger partial charge in [-0.05, 0) is 20.8 Å². The fraction of sp³-hybridized carbons (Fsp3) is 0.625. The van der Waals surface area contributed by atoms with Crippen molar-refractivity contribution in [3.8, 4) is 0 Å². The van der Waals surface area contributed by atoms with Gasteiger partial charge in [0.15, 0.2) is 4.96 Å². The Morgan fingerprint density at radius 3 is 2.91 bits per heavy atom. The predicted octanol–water partition coefficient (Wildman–Crippen LogP) is 1.55. The Morgan fingerprint density at radius 2 is 2.22 bits per heavy atom. The highest BCUT2D eigenvalue weighted by molar-refractivity contribution is 7.15. The van der Waals surface area contributed by atoms with Crippen LogP contribution in [0.15, 0.2) is 17.8 Å². The summed E-state index contributed by atoms with van der Waals surface area (Å²) in [7, 11) is 0. The Labute approximate surface area is 140 Å². The van der Waals surface area contributed by atoms with Gasteiger partial charge >= 0.3 is 0 Å². The van der Waals surface area contributed by atoms with Gasteiger partial charge in [-0.3, -0.25) is 14.1 Å². The fourth-order valence-electron chi connectivity index (χ4n) is 3.06. The zero-order chi connectivity index (χ0) is 16.4. The Balaban J connectivity index is 1.47. The molecule has 0 bridgehead atoms. The van der Waals surface area contributed by atoms with Crippen LogP contribution in [-0.4, -0.2) is 58.1 Å². The first kappa shape index (κ1) is 16.4.